The molecule has 0 aromatic heterocycles. The molecule has 82 valence electrons. The van der Waals surface area contributed by atoms with Crippen LogP contribution >= 0.6 is 0 Å². The molecule has 6 heteroatoms. The number of aliphatic hydroxyl groups excluding tert-OH is 1. The number of hydrogen-bond acceptors (Lipinski definition) is 5. The highest BCUT2D eigenvalue weighted by Gasteiger charge is 2.48. The zero-order valence-electron chi connectivity index (χ0n) is 8.30. The predicted octanol–water partition coefficient (Wildman–Crippen LogP) is 0.0231. The van der Waals surface area contributed by atoms with Crippen molar-refractivity contribution < 1.29 is 19.5 Å². The van der Waals surface area contributed by atoms with Gasteiger partial charge >= 0.3 is 0 Å². The van der Waals surface area contributed by atoms with Gasteiger partial charge in [-0.25, -0.2) is 0 Å². The minimum absolute atomic E-state index is 0.0979. The fourth-order valence-electron chi connectivity index (χ4n) is 1.20. The van der Waals surface area contributed by atoms with Crippen LogP contribution in [-0.4, -0.2) is 41.7 Å². The lowest BCUT2D eigenvalue weighted by Crippen LogP contribution is -2.56. The van der Waals surface area contributed by atoms with Gasteiger partial charge in [0.05, 0.1) is 0 Å². The van der Waals surface area contributed by atoms with Gasteiger partial charge < -0.3 is 14.6 Å². The van der Waals surface area contributed by atoms with E-state index in [4.69, 9.17) is 14.6 Å². The Labute approximate surface area is 82.0 Å². The zero-order chi connectivity index (χ0) is 10.8. The van der Waals surface area contributed by atoms with Crippen LogP contribution in [0.4, 0.5) is 0 Å². The molecule has 1 aliphatic rings. The van der Waals surface area contributed by atoms with Crippen molar-refractivity contribution in [2.24, 2.45) is 5.92 Å². The standard InChI is InChI=1S/C8H15NO5/c1-6(2)7-13-4-8(3-10,5-14-7)9(11)12/h6-7,10H,3-5H2,1-2H3. The molecule has 0 amide bonds. The van der Waals surface area contributed by atoms with Gasteiger partial charge in [0.2, 0.25) is 0 Å². The second-order valence-corrected chi connectivity index (χ2v) is 3.87. The molecule has 0 bridgehead atoms. The van der Waals surface area contributed by atoms with Crippen molar-refractivity contribution in [2.45, 2.75) is 25.7 Å². The first-order chi connectivity index (χ1) is 6.52. The lowest BCUT2D eigenvalue weighted by Gasteiger charge is -2.33. The van der Waals surface area contributed by atoms with Crippen molar-refractivity contribution in [3.63, 3.8) is 0 Å². The van der Waals surface area contributed by atoms with Crippen LogP contribution in [-0.2, 0) is 9.47 Å². The van der Waals surface area contributed by atoms with E-state index in [0.717, 1.165) is 0 Å². The monoisotopic (exact) mass is 205 g/mol. The summed E-state index contributed by atoms with van der Waals surface area (Å²) in [6.45, 7) is 3.05. The van der Waals surface area contributed by atoms with Gasteiger partial charge in [-0.2, -0.15) is 0 Å². The molecular formula is C8H15NO5. The van der Waals surface area contributed by atoms with Crippen molar-refractivity contribution in [3.8, 4) is 0 Å². The first-order valence-corrected chi connectivity index (χ1v) is 4.50. The molecule has 1 rings (SSSR count). The highest BCUT2D eigenvalue weighted by Crippen LogP contribution is 2.22. The van der Waals surface area contributed by atoms with Gasteiger partial charge in [0.15, 0.2) is 6.29 Å². The highest BCUT2D eigenvalue weighted by atomic mass is 16.7. The van der Waals surface area contributed by atoms with Gasteiger partial charge in [-0.3, -0.25) is 10.1 Å². The van der Waals surface area contributed by atoms with Gasteiger partial charge in [-0.15, -0.1) is 0 Å². The van der Waals surface area contributed by atoms with E-state index in [1.165, 1.54) is 0 Å². The molecular weight excluding hydrogens is 190 g/mol. The molecule has 14 heavy (non-hydrogen) atoms. The van der Waals surface area contributed by atoms with Crippen molar-refractivity contribution in [1.82, 2.24) is 0 Å². The third-order valence-corrected chi connectivity index (χ3v) is 2.26. The summed E-state index contributed by atoms with van der Waals surface area (Å²) < 4.78 is 10.4. The second kappa shape index (κ2) is 4.20. The number of aliphatic hydroxyl groups is 1. The number of nitrogens with zero attached hydrogens (tertiary/aromatic N) is 1. The molecule has 1 N–H and O–H groups in total. The average Bonchev–Trinajstić information content (AvgIpc) is 2.17. The summed E-state index contributed by atoms with van der Waals surface area (Å²) in [7, 11) is 0. The normalized spacial score (nSPS) is 33.3. The first kappa shape index (κ1) is 11.4. The number of nitro groups is 1. The SMILES string of the molecule is CC(C)C1OCC(CO)([N+](=O)[O-])CO1. The van der Waals surface area contributed by atoms with Gasteiger partial charge in [0.25, 0.3) is 5.54 Å². The predicted molar refractivity (Wildman–Crippen MR) is 47.3 cm³/mol. The molecule has 6 nitrogen and oxygen atoms in total. The van der Waals surface area contributed by atoms with Crippen LogP contribution in [0, 0.1) is 16.0 Å². The van der Waals surface area contributed by atoms with Crippen LogP contribution in [0.15, 0.2) is 0 Å². The van der Waals surface area contributed by atoms with E-state index in [-0.39, 0.29) is 19.1 Å². The Balaban J connectivity index is 2.59. The Morgan fingerprint density at radius 2 is 2.07 bits per heavy atom. The summed E-state index contributed by atoms with van der Waals surface area (Å²) in [5.74, 6) is 0.151. The van der Waals surface area contributed by atoms with E-state index in [0.29, 0.717) is 0 Å². The van der Waals surface area contributed by atoms with E-state index in [9.17, 15) is 10.1 Å². The summed E-state index contributed by atoms with van der Waals surface area (Å²) in [6, 6.07) is 0. The number of ether oxygens (including phenoxy) is 2. The molecule has 0 spiro atoms. The molecule has 1 aliphatic heterocycles. The van der Waals surface area contributed by atoms with Gasteiger partial charge in [-0.1, -0.05) is 13.8 Å². The van der Waals surface area contributed by atoms with Crippen molar-refractivity contribution in [3.05, 3.63) is 10.1 Å². The molecule has 0 radical (unpaired) electrons. The average molecular weight is 205 g/mol. The lowest BCUT2D eigenvalue weighted by molar-refractivity contribution is -0.595. The summed E-state index contributed by atoms with van der Waals surface area (Å²) in [5.41, 5.74) is -1.48. The fourth-order valence-corrected chi connectivity index (χ4v) is 1.20. The molecule has 1 saturated heterocycles. The molecule has 1 fully saturated rings. The first-order valence-electron chi connectivity index (χ1n) is 4.50. The van der Waals surface area contributed by atoms with Crippen molar-refractivity contribution in [1.29, 1.82) is 0 Å². The summed E-state index contributed by atoms with van der Waals surface area (Å²) in [4.78, 5) is 10.1. The van der Waals surface area contributed by atoms with Crippen LogP contribution in [0.5, 0.6) is 0 Å². The topological polar surface area (TPSA) is 81.8 Å². The lowest BCUT2D eigenvalue weighted by atomic mass is 10.0. The fraction of sp³-hybridized carbons (Fsp3) is 1.00. The zero-order valence-corrected chi connectivity index (χ0v) is 8.30. The van der Waals surface area contributed by atoms with Crippen LogP contribution < -0.4 is 0 Å². The summed E-state index contributed by atoms with van der Waals surface area (Å²) in [5, 5.41) is 19.6. The Kier molecular flexibility index (Phi) is 3.41. The largest absolute Gasteiger partial charge is 0.389 e. The second-order valence-electron chi connectivity index (χ2n) is 3.87. The van der Waals surface area contributed by atoms with Gasteiger partial charge in [0.1, 0.15) is 19.8 Å². The minimum Gasteiger partial charge on any atom is -0.389 e. The van der Waals surface area contributed by atoms with Gasteiger partial charge in [-0.05, 0) is 0 Å². The highest BCUT2D eigenvalue weighted by molar-refractivity contribution is 4.81. The minimum atomic E-state index is -1.48. The Bertz CT molecular complexity index is 210. The van der Waals surface area contributed by atoms with Crippen molar-refractivity contribution >= 4 is 0 Å². The maximum atomic E-state index is 10.7. The molecule has 0 saturated carbocycles. The quantitative estimate of drug-likeness (QED) is 0.519. The van der Waals surface area contributed by atoms with E-state index in [1.54, 1.807) is 0 Å². The Hall–Kier alpha value is -0.720. The van der Waals surface area contributed by atoms with Crippen LogP contribution in [0.3, 0.4) is 0 Å². The number of rotatable bonds is 3. The molecule has 0 aromatic carbocycles. The van der Waals surface area contributed by atoms with Crippen LogP contribution in [0.2, 0.25) is 0 Å². The van der Waals surface area contributed by atoms with Gasteiger partial charge in [0, 0.05) is 10.8 Å². The van der Waals surface area contributed by atoms with Crippen LogP contribution in [0.1, 0.15) is 13.8 Å². The third kappa shape index (κ3) is 2.02. The van der Waals surface area contributed by atoms with E-state index in [1.807, 2.05) is 13.8 Å². The Morgan fingerprint density at radius 1 is 1.57 bits per heavy atom. The smallest absolute Gasteiger partial charge is 0.290 e. The molecule has 0 atom stereocenters. The maximum Gasteiger partial charge on any atom is 0.290 e. The van der Waals surface area contributed by atoms with E-state index in [2.05, 4.69) is 0 Å². The third-order valence-electron chi connectivity index (χ3n) is 2.26. The summed E-state index contributed by atoms with van der Waals surface area (Å²) >= 11 is 0. The van der Waals surface area contributed by atoms with E-state index >= 15 is 0 Å². The molecule has 1 heterocycles. The Morgan fingerprint density at radius 3 is 2.36 bits per heavy atom. The van der Waals surface area contributed by atoms with E-state index < -0.39 is 23.4 Å². The van der Waals surface area contributed by atoms with Crippen molar-refractivity contribution in [2.75, 3.05) is 19.8 Å². The molecule has 0 unspecified atom stereocenters. The maximum absolute atomic E-state index is 10.7. The summed E-state index contributed by atoms with van der Waals surface area (Å²) in [6.07, 6.45) is -0.408. The molecule has 0 aromatic rings. The number of hydrogen-bond donors (Lipinski definition) is 1. The van der Waals surface area contributed by atoms with Crippen LogP contribution in [0.25, 0.3) is 0 Å². The molecule has 0 aliphatic carbocycles.